The van der Waals surface area contributed by atoms with Crippen LogP contribution >= 0.6 is 0 Å². The molecule has 11 heavy (non-hydrogen) atoms. The molecule has 0 aliphatic carbocycles. The SMILES string of the molecule is CC[C@H]1[C@H](C)NC(=O)C1(F)F. The van der Waals surface area contributed by atoms with Crippen molar-refractivity contribution in [2.75, 3.05) is 0 Å². The Morgan fingerprint density at radius 2 is 2.18 bits per heavy atom. The number of rotatable bonds is 1. The molecule has 64 valence electrons. The number of halogens is 2. The Hall–Kier alpha value is -0.670. The number of amides is 1. The van der Waals surface area contributed by atoms with E-state index >= 15 is 0 Å². The summed E-state index contributed by atoms with van der Waals surface area (Å²) in [5.41, 5.74) is 0. The van der Waals surface area contributed by atoms with Crippen molar-refractivity contribution in [3.05, 3.63) is 0 Å². The van der Waals surface area contributed by atoms with Crippen molar-refractivity contribution in [3.8, 4) is 0 Å². The highest BCUT2D eigenvalue weighted by Gasteiger charge is 2.54. The van der Waals surface area contributed by atoms with Crippen LogP contribution in [0.3, 0.4) is 0 Å². The molecule has 0 aromatic carbocycles. The van der Waals surface area contributed by atoms with Gasteiger partial charge in [0.05, 0.1) is 5.92 Å². The summed E-state index contributed by atoms with van der Waals surface area (Å²) in [6.07, 6.45) is 0.326. The molecule has 0 unspecified atom stereocenters. The van der Waals surface area contributed by atoms with Crippen LogP contribution in [-0.4, -0.2) is 17.9 Å². The molecule has 4 heteroatoms. The van der Waals surface area contributed by atoms with E-state index in [4.69, 9.17) is 0 Å². The van der Waals surface area contributed by atoms with Crippen molar-refractivity contribution in [2.45, 2.75) is 32.2 Å². The molecular formula is C7H11F2NO. The van der Waals surface area contributed by atoms with E-state index in [1.165, 1.54) is 0 Å². The lowest BCUT2D eigenvalue weighted by molar-refractivity contribution is -0.144. The lowest BCUT2D eigenvalue weighted by Gasteiger charge is -2.16. The first-order chi connectivity index (χ1) is 5.00. The van der Waals surface area contributed by atoms with E-state index in [-0.39, 0.29) is 0 Å². The third-order valence-electron chi connectivity index (χ3n) is 2.17. The average Bonchev–Trinajstić information content (AvgIpc) is 2.04. The van der Waals surface area contributed by atoms with E-state index in [0.717, 1.165) is 0 Å². The molecule has 2 nitrogen and oxygen atoms in total. The summed E-state index contributed by atoms with van der Waals surface area (Å²) in [5, 5.41) is 2.22. The fraction of sp³-hybridized carbons (Fsp3) is 0.857. The summed E-state index contributed by atoms with van der Waals surface area (Å²) in [7, 11) is 0. The van der Waals surface area contributed by atoms with Gasteiger partial charge < -0.3 is 5.32 Å². The maximum Gasteiger partial charge on any atom is 0.329 e. The van der Waals surface area contributed by atoms with Gasteiger partial charge in [-0.2, -0.15) is 8.78 Å². The lowest BCUT2D eigenvalue weighted by atomic mass is 9.96. The van der Waals surface area contributed by atoms with E-state index < -0.39 is 23.8 Å². The molecular weight excluding hydrogens is 152 g/mol. The highest BCUT2D eigenvalue weighted by atomic mass is 19.3. The van der Waals surface area contributed by atoms with E-state index in [2.05, 4.69) is 5.32 Å². The van der Waals surface area contributed by atoms with Crippen LogP contribution in [0.25, 0.3) is 0 Å². The van der Waals surface area contributed by atoms with Crippen LogP contribution < -0.4 is 5.32 Å². The zero-order valence-corrected chi connectivity index (χ0v) is 6.53. The first-order valence-corrected chi connectivity index (χ1v) is 3.69. The molecule has 0 aromatic heterocycles. The largest absolute Gasteiger partial charge is 0.348 e. The first kappa shape index (κ1) is 8.43. The minimum atomic E-state index is -3.16. The summed E-state index contributed by atoms with van der Waals surface area (Å²) >= 11 is 0. The molecule has 0 radical (unpaired) electrons. The van der Waals surface area contributed by atoms with Crippen molar-refractivity contribution < 1.29 is 13.6 Å². The summed E-state index contributed by atoms with van der Waals surface area (Å²) in [6.45, 7) is 3.27. The highest BCUT2D eigenvalue weighted by molar-refractivity contribution is 5.86. The van der Waals surface area contributed by atoms with E-state index in [9.17, 15) is 13.6 Å². The number of hydrogen-bond acceptors (Lipinski definition) is 1. The molecule has 1 amide bonds. The molecule has 1 aliphatic rings. The van der Waals surface area contributed by atoms with Gasteiger partial charge in [-0.05, 0) is 13.3 Å². The summed E-state index contributed by atoms with van der Waals surface area (Å²) in [4.78, 5) is 10.6. The quantitative estimate of drug-likeness (QED) is 0.617. The molecule has 0 aromatic rings. The Labute approximate surface area is 64.0 Å². The van der Waals surface area contributed by atoms with Crippen LogP contribution in [-0.2, 0) is 4.79 Å². The molecule has 0 saturated carbocycles. The molecule has 1 heterocycles. The molecule has 2 atom stereocenters. The van der Waals surface area contributed by atoms with Crippen molar-refractivity contribution in [1.82, 2.24) is 5.32 Å². The third kappa shape index (κ3) is 1.10. The molecule has 1 N–H and O–H groups in total. The van der Waals surface area contributed by atoms with Crippen LogP contribution in [0.2, 0.25) is 0 Å². The smallest absolute Gasteiger partial charge is 0.329 e. The minimum Gasteiger partial charge on any atom is -0.348 e. The second-order valence-corrected chi connectivity index (χ2v) is 2.90. The van der Waals surface area contributed by atoms with Gasteiger partial charge in [-0.25, -0.2) is 0 Å². The van der Waals surface area contributed by atoms with Crippen molar-refractivity contribution >= 4 is 5.91 Å². The van der Waals surface area contributed by atoms with Crippen molar-refractivity contribution in [3.63, 3.8) is 0 Å². The van der Waals surface area contributed by atoms with Crippen molar-refractivity contribution in [2.24, 2.45) is 5.92 Å². The van der Waals surface area contributed by atoms with Crippen LogP contribution in [0.5, 0.6) is 0 Å². The Morgan fingerprint density at radius 1 is 1.64 bits per heavy atom. The number of hydrogen-bond donors (Lipinski definition) is 1. The predicted octanol–water partition coefficient (Wildman–Crippen LogP) is 1.17. The topological polar surface area (TPSA) is 29.1 Å². The second-order valence-electron chi connectivity index (χ2n) is 2.90. The van der Waals surface area contributed by atoms with Crippen LogP contribution in [0, 0.1) is 5.92 Å². The molecule has 1 aliphatic heterocycles. The van der Waals surface area contributed by atoms with Gasteiger partial charge in [0.25, 0.3) is 5.91 Å². The standard InChI is InChI=1S/C7H11F2NO/c1-3-5-4(2)10-6(11)7(5,8)9/h4-5H,3H2,1-2H3,(H,10,11)/t4-,5-/m0/s1. The fourth-order valence-corrected chi connectivity index (χ4v) is 1.50. The van der Waals surface area contributed by atoms with Gasteiger partial charge in [-0.3, -0.25) is 4.79 Å². The minimum absolute atomic E-state index is 0.326. The summed E-state index contributed by atoms with van der Waals surface area (Å²) in [5.74, 6) is -5.12. The van der Waals surface area contributed by atoms with Gasteiger partial charge in [-0.15, -0.1) is 0 Å². The second kappa shape index (κ2) is 2.43. The van der Waals surface area contributed by atoms with Gasteiger partial charge in [0.1, 0.15) is 0 Å². The summed E-state index contributed by atoms with van der Waals surface area (Å²) in [6, 6.07) is -0.400. The molecule has 1 fully saturated rings. The lowest BCUT2D eigenvalue weighted by Crippen LogP contribution is -2.32. The number of nitrogens with one attached hydrogen (secondary N) is 1. The Morgan fingerprint density at radius 3 is 2.36 bits per heavy atom. The molecule has 0 spiro atoms. The van der Waals surface area contributed by atoms with Gasteiger partial charge in [0, 0.05) is 6.04 Å². The van der Waals surface area contributed by atoms with Gasteiger partial charge in [0.2, 0.25) is 0 Å². The van der Waals surface area contributed by atoms with Crippen LogP contribution in [0.4, 0.5) is 8.78 Å². The predicted molar refractivity (Wildman–Crippen MR) is 36.3 cm³/mol. The maximum atomic E-state index is 12.8. The monoisotopic (exact) mass is 163 g/mol. The molecule has 0 bridgehead atoms. The fourth-order valence-electron chi connectivity index (χ4n) is 1.50. The normalized spacial score (nSPS) is 35.5. The highest BCUT2D eigenvalue weighted by Crippen LogP contribution is 2.35. The maximum absolute atomic E-state index is 12.8. The Kier molecular flexibility index (Phi) is 1.86. The van der Waals surface area contributed by atoms with Gasteiger partial charge >= 0.3 is 5.92 Å². The zero-order valence-electron chi connectivity index (χ0n) is 6.53. The Bertz CT molecular complexity index is 181. The van der Waals surface area contributed by atoms with Crippen molar-refractivity contribution in [1.29, 1.82) is 0 Å². The molecule has 1 saturated heterocycles. The van der Waals surface area contributed by atoms with Gasteiger partial charge in [-0.1, -0.05) is 6.92 Å². The number of carbonyl (C=O) groups is 1. The van der Waals surface area contributed by atoms with E-state index in [1.54, 1.807) is 13.8 Å². The Balaban J connectivity index is 2.84. The zero-order chi connectivity index (χ0) is 8.65. The van der Waals surface area contributed by atoms with Crippen LogP contribution in [0.15, 0.2) is 0 Å². The summed E-state index contributed by atoms with van der Waals surface area (Å²) < 4.78 is 25.7. The van der Waals surface area contributed by atoms with E-state index in [1.807, 2.05) is 0 Å². The number of alkyl halides is 2. The van der Waals surface area contributed by atoms with Gasteiger partial charge in [0.15, 0.2) is 0 Å². The van der Waals surface area contributed by atoms with Crippen LogP contribution in [0.1, 0.15) is 20.3 Å². The first-order valence-electron chi connectivity index (χ1n) is 3.69. The molecule has 1 rings (SSSR count). The number of carbonyl (C=O) groups excluding carboxylic acids is 1. The van der Waals surface area contributed by atoms with E-state index in [0.29, 0.717) is 6.42 Å². The average molecular weight is 163 g/mol. The third-order valence-corrected chi connectivity index (χ3v) is 2.17.